The van der Waals surface area contributed by atoms with Crippen molar-refractivity contribution in [2.75, 3.05) is 43.9 Å². The first-order chi connectivity index (χ1) is 11.2. The van der Waals surface area contributed by atoms with E-state index in [2.05, 4.69) is 14.9 Å². The first kappa shape index (κ1) is 17.8. The molecule has 0 atom stereocenters. The molecule has 0 radical (unpaired) electrons. The Morgan fingerprint density at radius 2 is 1.79 bits per heavy atom. The molecule has 1 aromatic heterocycles. The lowest BCUT2D eigenvalue weighted by Crippen LogP contribution is -2.50. The highest BCUT2D eigenvalue weighted by Crippen LogP contribution is 2.23. The Bertz CT molecular complexity index is 621. The highest BCUT2D eigenvalue weighted by molar-refractivity contribution is 5.89. The normalized spacial score (nSPS) is 15.2. The van der Waals surface area contributed by atoms with Gasteiger partial charge in [0.25, 0.3) is 0 Å². The topological polar surface area (TPSA) is 111 Å². The zero-order valence-corrected chi connectivity index (χ0v) is 14.4. The maximum atomic E-state index is 12.1. The molecule has 1 amide bonds. The van der Waals surface area contributed by atoms with Crippen LogP contribution in [0.15, 0.2) is 6.07 Å². The van der Waals surface area contributed by atoms with Gasteiger partial charge in [-0.05, 0) is 20.8 Å². The van der Waals surface area contributed by atoms with E-state index in [1.165, 1.54) is 7.11 Å². The van der Waals surface area contributed by atoms with E-state index < -0.39 is 11.6 Å². The van der Waals surface area contributed by atoms with E-state index in [4.69, 9.17) is 10.5 Å². The number of piperazine rings is 1. The molecule has 1 aliphatic heterocycles. The van der Waals surface area contributed by atoms with Crippen LogP contribution in [0.2, 0.25) is 0 Å². The highest BCUT2D eigenvalue weighted by Gasteiger charge is 2.27. The van der Waals surface area contributed by atoms with Gasteiger partial charge in [-0.3, -0.25) is 0 Å². The Kier molecular flexibility index (Phi) is 5.10. The van der Waals surface area contributed by atoms with Crippen LogP contribution in [0.3, 0.4) is 0 Å². The molecule has 1 aliphatic rings. The lowest BCUT2D eigenvalue weighted by Gasteiger charge is -2.36. The van der Waals surface area contributed by atoms with Gasteiger partial charge in [-0.25, -0.2) is 9.59 Å². The average molecular weight is 337 g/mol. The van der Waals surface area contributed by atoms with Gasteiger partial charge in [0, 0.05) is 32.2 Å². The third-order valence-corrected chi connectivity index (χ3v) is 3.47. The van der Waals surface area contributed by atoms with Gasteiger partial charge in [0.15, 0.2) is 11.5 Å². The molecule has 24 heavy (non-hydrogen) atoms. The largest absolute Gasteiger partial charge is 0.464 e. The van der Waals surface area contributed by atoms with Crippen LogP contribution in [-0.2, 0) is 9.47 Å². The lowest BCUT2D eigenvalue weighted by atomic mass is 10.2. The summed E-state index contributed by atoms with van der Waals surface area (Å²) in [5, 5.41) is 7.53. The van der Waals surface area contributed by atoms with Gasteiger partial charge in [0.2, 0.25) is 0 Å². The van der Waals surface area contributed by atoms with Crippen LogP contribution in [-0.4, -0.2) is 66.0 Å². The van der Waals surface area contributed by atoms with Crippen molar-refractivity contribution in [3.05, 3.63) is 11.8 Å². The van der Waals surface area contributed by atoms with E-state index in [1.807, 2.05) is 25.7 Å². The van der Waals surface area contributed by atoms with Crippen LogP contribution in [0.4, 0.5) is 16.3 Å². The molecule has 2 N–H and O–H groups in total. The number of aromatic nitrogens is 2. The SMILES string of the molecule is COC(=O)c1cc(N2CCN(C(=O)OC(C)(C)C)CC2)c(N)nn1. The van der Waals surface area contributed by atoms with E-state index in [0.717, 1.165) is 0 Å². The van der Waals surface area contributed by atoms with Crippen LogP contribution < -0.4 is 10.6 Å². The fourth-order valence-corrected chi connectivity index (χ4v) is 2.31. The highest BCUT2D eigenvalue weighted by atomic mass is 16.6. The van der Waals surface area contributed by atoms with Crippen LogP contribution in [0.25, 0.3) is 0 Å². The number of esters is 1. The minimum atomic E-state index is -0.573. The van der Waals surface area contributed by atoms with Crippen molar-refractivity contribution >= 4 is 23.6 Å². The number of rotatable bonds is 2. The van der Waals surface area contributed by atoms with Crippen LogP contribution in [0.1, 0.15) is 31.3 Å². The molecular weight excluding hydrogens is 314 g/mol. The second kappa shape index (κ2) is 6.90. The molecule has 0 aromatic carbocycles. The zero-order valence-electron chi connectivity index (χ0n) is 14.4. The summed E-state index contributed by atoms with van der Waals surface area (Å²) in [6.07, 6.45) is -0.335. The summed E-state index contributed by atoms with van der Waals surface area (Å²) in [7, 11) is 1.28. The second-order valence-corrected chi connectivity index (χ2v) is 6.45. The molecule has 2 rings (SSSR count). The number of hydrogen-bond acceptors (Lipinski definition) is 8. The molecule has 0 spiro atoms. The molecule has 9 heteroatoms. The van der Waals surface area contributed by atoms with Crippen molar-refractivity contribution in [3.8, 4) is 0 Å². The molecule has 1 saturated heterocycles. The Morgan fingerprint density at radius 1 is 1.17 bits per heavy atom. The maximum Gasteiger partial charge on any atom is 0.410 e. The summed E-state index contributed by atoms with van der Waals surface area (Å²) in [6, 6.07) is 1.55. The monoisotopic (exact) mass is 337 g/mol. The molecule has 0 bridgehead atoms. The van der Waals surface area contributed by atoms with Crippen molar-refractivity contribution in [1.29, 1.82) is 0 Å². The summed E-state index contributed by atoms with van der Waals surface area (Å²) in [4.78, 5) is 27.3. The van der Waals surface area contributed by atoms with Gasteiger partial charge < -0.3 is 25.0 Å². The number of carbonyl (C=O) groups excluding carboxylic acids is 2. The number of nitrogens with two attached hydrogens (primary N) is 1. The van der Waals surface area contributed by atoms with Crippen molar-refractivity contribution in [1.82, 2.24) is 15.1 Å². The number of nitrogen functional groups attached to an aromatic ring is 1. The van der Waals surface area contributed by atoms with Crippen molar-refractivity contribution in [2.24, 2.45) is 0 Å². The van der Waals surface area contributed by atoms with Gasteiger partial charge in [-0.15, -0.1) is 10.2 Å². The van der Waals surface area contributed by atoms with Gasteiger partial charge in [0.1, 0.15) is 5.60 Å². The minimum Gasteiger partial charge on any atom is -0.464 e. The molecule has 2 heterocycles. The maximum absolute atomic E-state index is 12.1. The van der Waals surface area contributed by atoms with Gasteiger partial charge in [0.05, 0.1) is 12.8 Å². The van der Waals surface area contributed by atoms with E-state index in [0.29, 0.717) is 31.9 Å². The smallest absolute Gasteiger partial charge is 0.410 e. The lowest BCUT2D eigenvalue weighted by molar-refractivity contribution is 0.0240. The van der Waals surface area contributed by atoms with Crippen molar-refractivity contribution in [2.45, 2.75) is 26.4 Å². The van der Waals surface area contributed by atoms with Crippen LogP contribution >= 0.6 is 0 Å². The van der Waals surface area contributed by atoms with Gasteiger partial charge in [-0.2, -0.15) is 0 Å². The summed E-state index contributed by atoms with van der Waals surface area (Å²) >= 11 is 0. The number of hydrogen-bond donors (Lipinski definition) is 1. The van der Waals surface area contributed by atoms with Crippen LogP contribution in [0.5, 0.6) is 0 Å². The first-order valence-electron chi connectivity index (χ1n) is 7.65. The third kappa shape index (κ3) is 4.24. The third-order valence-electron chi connectivity index (χ3n) is 3.47. The van der Waals surface area contributed by atoms with E-state index >= 15 is 0 Å². The number of anilines is 2. The van der Waals surface area contributed by atoms with Gasteiger partial charge in [-0.1, -0.05) is 0 Å². The van der Waals surface area contributed by atoms with Crippen molar-refractivity contribution in [3.63, 3.8) is 0 Å². The summed E-state index contributed by atoms with van der Waals surface area (Å²) in [6.45, 7) is 7.58. The number of carbonyl (C=O) groups is 2. The van der Waals surface area contributed by atoms with E-state index in [1.54, 1.807) is 11.0 Å². The fourth-order valence-electron chi connectivity index (χ4n) is 2.31. The predicted octanol–water partition coefficient (Wildman–Crippen LogP) is 0.902. The Hall–Kier alpha value is -2.58. The average Bonchev–Trinajstić information content (AvgIpc) is 2.53. The molecule has 1 aromatic rings. The summed E-state index contributed by atoms with van der Waals surface area (Å²) in [5.74, 6) is -0.343. The Balaban J connectivity index is 2.04. The number of nitrogens with zero attached hydrogens (tertiary/aromatic N) is 4. The quantitative estimate of drug-likeness (QED) is 0.793. The van der Waals surface area contributed by atoms with Crippen LogP contribution in [0, 0.1) is 0 Å². The number of amides is 1. The second-order valence-electron chi connectivity index (χ2n) is 6.45. The molecule has 0 aliphatic carbocycles. The molecule has 9 nitrogen and oxygen atoms in total. The first-order valence-corrected chi connectivity index (χ1v) is 7.65. The number of ether oxygens (including phenoxy) is 2. The van der Waals surface area contributed by atoms with Crippen molar-refractivity contribution < 1.29 is 19.1 Å². The Labute approximate surface area is 140 Å². The number of methoxy groups -OCH3 is 1. The minimum absolute atomic E-state index is 0.0938. The van der Waals surface area contributed by atoms with Gasteiger partial charge >= 0.3 is 12.1 Å². The molecule has 1 fully saturated rings. The molecule has 132 valence electrons. The zero-order chi connectivity index (χ0) is 17.9. The predicted molar refractivity (Wildman–Crippen MR) is 87.8 cm³/mol. The molecule has 0 saturated carbocycles. The van der Waals surface area contributed by atoms with E-state index in [-0.39, 0.29) is 17.6 Å². The molecule has 0 unspecified atom stereocenters. The summed E-state index contributed by atoms with van der Waals surface area (Å²) < 4.78 is 10.0. The Morgan fingerprint density at radius 3 is 2.33 bits per heavy atom. The molecular formula is C15H23N5O4. The fraction of sp³-hybridized carbons (Fsp3) is 0.600. The van der Waals surface area contributed by atoms with E-state index in [9.17, 15) is 9.59 Å². The standard InChI is InChI=1S/C15H23N5O4/c1-15(2,3)24-14(22)20-7-5-19(6-8-20)11-9-10(13(21)23-4)17-18-12(11)16/h9H,5-8H2,1-4H3,(H2,16,18). The summed E-state index contributed by atoms with van der Waals surface area (Å²) in [5.41, 5.74) is 6.04.